The van der Waals surface area contributed by atoms with E-state index in [4.69, 9.17) is 14.2 Å². The molecule has 0 radical (unpaired) electrons. The van der Waals surface area contributed by atoms with Gasteiger partial charge in [-0.05, 0) is 20.8 Å². The van der Waals surface area contributed by atoms with Crippen LogP contribution in [0.4, 0.5) is 10.5 Å². The average molecular weight is 370 g/mol. The number of nitrogens with one attached hydrogen (secondary N) is 2. The van der Waals surface area contributed by atoms with E-state index in [2.05, 4.69) is 10.6 Å². The molecule has 0 aliphatic rings. The first-order valence-electron chi connectivity index (χ1n) is 7.81. The maximum absolute atomic E-state index is 12.0. The zero-order valence-electron chi connectivity index (χ0n) is 15.3. The predicted octanol–water partition coefficient (Wildman–Crippen LogP) is 2.90. The van der Waals surface area contributed by atoms with Crippen molar-refractivity contribution in [1.29, 1.82) is 0 Å². The van der Waals surface area contributed by atoms with Crippen molar-refractivity contribution in [1.82, 2.24) is 5.32 Å². The fraction of sp³-hybridized carbons (Fsp3) is 0.529. The standard InChI is InChI=1S/C17H26N2O5S/c1-17(2,3)24-16(21)18-6-7-25-11-15(20)19-12-8-13(22-4)10-14(9-12)23-5/h8-10H,6-7,11H2,1-5H3,(H,18,21)(H,19,20). The number of benzene rings is 1. The Morgan fingerprint density at radius 2 is 1.68 bits per heavy atom. The van der Waals surface area contributed by atoms with Crippen LogP contribution in [0.3, 0.4) is 0 Å². The lowest BCUT2D eigenvalue weighted by atomic mass is 10.2. The van der Waals surface area contributed by atoms with Gasteiger partial charge in [0.15, 0.2) is 0 Å². The van der Waals surface area contributed by atoms with E-state index in [1.54, 1.807) is 53.2 Å². The Labute approximate surface area is 152 Å². The molecule has 0 saturated carbocycles. The van der Waals surface area contributed by atoms with Crippen molar-refractivity contribution in [3.05, 3.63) is 18.2 Å². The number of amides is 2. The largest absolute Gasteiger partial charge is 0.497 e. The van der Waals surface area contributed by atoms with E-state index >= 15 is 0 Å². The number of carbonyl (C=O) groups is 2. The van der Waals surface area contributed by atoms with Crippen LogP contribution in [-0.4, -0.2) is 49.9 Å². The molecule has 140 valence electrons. The van der Waals surface area contributed by atoms with Crippen LogP contribution in [0.25, 0.3) is 0 Å². The molecule has 1 aromatic rings. The van der Waals surface area contributed by atoms with Gasteiger partial charge < -0.3 is 24.8 Å². The van der Waals surface area contributed by atoms with Crippen LogP contribution in [0.1, 0.15) is 20.8 Å². The topological polar surface area (TPSA) is 85.9 Å². The molecule has 0 saturated heterocycles. The summed E-state index contributed by atoms with van der Waals surface area (Å²) in [6, 6.07) is 5.16. The lowest BCUT2D eigenvalue weighted by Crippen LogP contribution is -2.33. The number of hydrogen-bond acceptors (Lipinski definition) is 6. The van der Waals surface area contributed by atoms with E-state index in [1.807, 2.05) is 0 Å². The van der Waals surface area contributed by atoms with Gasteiger partial charge in [0.25, 0.3) is 0 Å². The summed E-state index contributed by atoms with van der Waals surface area (Å²) in [5.41, 5.74) is 0.0863. The third-order valence-corrected chi connectivity index (χ3v) is 3.74. The fourth-order valence-electron chi connectivity index (χ4n) is 1.78. The summed E-state index contributed by atoms with van der Waals surface area (Å²) >= 11 is 1.42. The number of hydrogen-bond donors (Lipinski definition) is 2. The predicted molar refractivity (Wildman–Crippen MR) is 99.7 cm³/mol. The molecule has 1 rings (SSSR count). The van der Waals surface area contributed by atoms with Crippen LogP contribution in [-0.2, 0) is 9.53 Å². The summed E-state index contributed by atoms with van der Waals surface area (Å²) in [7, 11) is 3.10. The van der Waals surface area contributed by atoms with Crippen molar-refractivity contribution in [2.24, 2.45) is 0 Å². The van der Waals surface area contributed by atoms with E-state index in [0.29, 0.717) is 29.5 Å². The van der Waals surface area contributed by atoms with Crippen LogP contribution in [0.15, 0.2) is 18.2 Å². The van der Waals surface area contributed by atoms with Gasteiger partial charge in [0.1, 0.15) is 17.1 Å². The Kier molecular flexibility index (Phi) is 8.40. The van der Waals surface area contributed by atoms with Crippen molar-refractivity contribution >= 4 is 29.4 Å². The molecule has 0 aromatic heterocycles. The minimum absolute atomic E-state index is 0.141. The van der Waals surface area contributed by atoms with Gasteiger partial charge in [-0.1, -0.05) is 0 Å². The number of methoxy groups -OCH3 is 2. The second-order valence-corrected chi connectivity index (χ2v) is 7.24. The van der Waals surface area contributed by atoms with E-state index < -0.39 is 11.7 Å². The van der Waals surface area contributed by atoms with Crippen molar-refractivity contribution in [2.45, 2.75) is 26.4 Å². The molecule has 2 N–H and O–H groups in total. The third kappa shape index (κ3) is 9.09. The van der Waals surface area contributed by atoms with Crippen molar-refractivity contribution in [3.63, 3.8) is 0 Å². The highest BCUT2D eigenvalue weighted by molar-refractivity contribution is 7.99. The van der Waals surface area contributed by atoms with Gasteiger partial charge >= 0.3 is 6.09 Å². The molecule has 0 spiro atoms. The Morgan fingerprint density at radius 1 is 1.08 bits per heavy atom. The highest BCUT2D eigenvalue weighted by atomic mass is 32.2. The molecule has 0 aliphatic carbocycles. The number of thioether (sulfide) groups is 1. The number of anilines is 1. The zero-order valence-corrected chi connectivity index (χ0v) is 16.1. The quantitative estimate of drug-likeness (QED) is 0.685. The first kappa shape index (κ1) is 21.0. The first-order valence-corrected chi connectivity index (χ1v) is 8.96. The molecule has 0 atom stereocenters. The molecule has 0 fully saturated rings. The third-order valence-electron chi connectivity index (χ3n) is 2.78. The Bertz CT molecular complexity index is 565. The smallest absolute Gasteiger partial charge is 0.407 e. The summed E-state index contributed by atoms with van der Waals surface area (Å²) in [5.74, 6) is 1.94. The monoisotopic (exact) mass is 370 g/mol. The molecular weight excluding hydrogens is 344 g/mol. The van der Waals surface area contributed by atoms with Crippen molar-refractivity contribution in [3.8, 4) is 11.5 Å². The molecule has 0 unspecified atom stereocenters. The molecular formula is C17H26N2O5S. The minimum Gasteiger partial charge on any atom is -0.497 e. The first-order chi connectivity index (χ1) is 11.7. The lowest BCUT2D eigenvalue weighted by molar-refractivity contribution is -0.113. The van der Waals surface area contributed by atoms with Gasteiger partial charge in [0.2, 0.25) is 5.91 Å². The summed E-state index contributed by atoms with van der Waals surface area (Å²) in [4.78, 5) is 23.4. The number of alkyl carbamates (subject to hydrolysis) is 1. The van der Waals surface area contributed by atoms with Crippen LogP contribution in [0.2, 0.25) is 0 Å². The van der Waals surface area contributed by atoms with E-state index in [0.717, 1.165) is 0 Å². The second-order valence-electron chi connectivity index (χ2n) is 6.13. The minimum atomic E-state index is -0.519. The van der Waals surface area contributed by atoms with Gasteiger partial charge in [-0.3, -0.25) is 4.79 Å². The molecule has 1 aromatic carbocycles. The van der Waals surface area contributed by atoms with Crippen LogP contribution in [0.5, 0.6) is 11.5 Å². The molecule has 8 heteroatoms. The number of rotatable bonds is 8. The summed E-state index contributed by atoms with van der Waals surface area (Å²) in [6.45, 7) is 5.84. The van der Waals surface area contributed by atoms with E-state index in [9.17, 15) is 9.59 Å². The lowest BCUT2D eigenvalue weighted by Gasteiger charge is -2.19. The molecule has 2 amide bonds. The van der Waals surface area contributed by atoms with Crippen LogP contribution >= 0.6 is 11.8 Å². The summed E-state index contributed by atoms with van der Waals surface area (Å²) in [5, 5.41) is 5.44. The molecule has 0 heterocycles. The van der Waals surface area contributed by atoms with Gasteiger partial charge in [-0.2, -0.15) is 11.8 Å². The van der Waals surface area contributed by atoms with Crippen LogP contribution in [0, 0.1) is 0 Å². The fourth-order valence-corrected chi connectivity index (χ4v) is 2.43. The van der Waals surface area contributed by atoms with Crippen molar-refractivity contribution < 1.29 is 23.8 Å². The second kappa shape index (κ2) is 10.0. The Hall–Kier alpha value is -2.09. The zero-order chi connectivity index (χ0) is 18.9. The number of ether oxygens (including phenoxy) is 3. The highest BCUT2D eigenvalue weighted by Gasteiger charge is 2.15. The van der Waals surface area contributed by atoms with Gasteiger partial charge in [0.05, 0.1) is 20.0 Å². The highest BCUT2D eigenvalue weighted by Crippen LogP contribution is 2.25. The van der Waals surface area contributed by atoms with E-state index in [1.165, 1.54) is 11.8 Å². The van der Waals surface area contributed by atoms with Crippen molar-refractivity contribution in [2.75, 3.05) is 37.6 Å². The normalized spacial score (nSPS) is 10.8. The number of carbonyl (C=O) groups excluding carboxylic acids is 2. The maximum Gasteiger partial charge on any atom is 0.407 e. The summed E-state index contributed by atoms with van der Waals surface area (Å²) in [6.07, 6.45) is -0.457. The Morgan fingerprint density at radius 3 is 2.20 bits per heavy atom. The SMILES string of the molecule is COc1cc(NC(=O)CSCCNC(=O)OC(C)(C)C)cc(OC)c1. The molecule has 7 nitrogen and oxygen atoms in total. The maximum atomic E-state index is 12.0. The average Bonchev–Trinajstić information content (AvgIpc) is 2.52. The van der Waals surface area contributed by atoms with Gasteiger partial charge in [0, 0.05) is 36.2 Å². The Balaban J connectivity index is 2.30. The van der Waals surface area contributed by atoms with Gasteiger partial charge in [-0.25, -0.2) is 4.79 Å². The van der Waals surface area contributed by atoms with Gasteiger partial charge in [-0.15, -0.1) is 0 Å². The molecule has 0 bridgehead atoms. The van der Waals surface area contributed by atoms with E-state index in [-0.39, 0.29) is 11.7 Å². The molecule has 0 aliphatic heterocycles. The van der Waals surface area contributed by atoms with Crippen LogP contribution < -0.4 is 20.1 Å². The molecule has 25 heavy (non-hydrogen) atoms. The summed E-state index contributed by atoms with van der Waals surface area (Å²) < 4.78 is 15.4.